The number of hydrogen-bond acceptors (Lipinski definition) is 7. The fraction of sp³-hybridized carbons (Fsp3) is 0.167. The zero-order valence-corrected chi connectivity index (χ0v) is 21.7. The minimum Gasteiger partial charge on any atom is -0.265 e. The molecule has 0 aliphatic rings. The van der Waals surface area contributed by atoms with Crippen molar-refractivity contribution in [2.75, 3.05) is 6.54 Å². The number of nitro groups is 2. The van der Waals surface area contributed by atoms with Crippen molar-refractivity contribution in [2.45, 2.75) is 24.8 Å². The normalized spacial score (nSPS) is 12.1. The first-order valence-corrected chi connectivity index (χ1v) is 12.7. The second kappa shape index (κ2) is 11.2. The Balaban J connectivity index is 1.67. The highest BCUT2D eigenvalue weighted by molar-refractivity contribution is 5.51. The molecule has 4 aromatic carbocycles. The number of non-ortho nitro benzene ring substituents is 1. The van der Waals surface area contributed by atoms with E-state index in [1.54, 1.807) is 17.1 Å². The van der Waals surface area contributed by atoms with Crippen LogP contribution in [0.15, 0.2) is 109 Å². The van der Waals surface area contributed by atoms with Gasteiger partial charge in [0.05, 0.1) is 10.8 Å². The molecule has 0 saturated heterocycles. The summed E-state index contributed by atoms with van der Waals surface area (Å²) in [6.07, 6.45) is 1.89. The lowest BCUT2D eigenvalue weighted by Gasteiger charge is -2.35. The van der Waals surface area contributed by atoms with E-state index in [0.717, 1.165) is 27.8 Å². The average Bonchev–Trinajstić information content (AvgIpc) is 3.50. The van der Waals surface area contributed by atoms with Gasteiger partial charge in [-0.05, 0) is 57.2 Å². The van der Waals surface area contributed by atoms with E-state index in [-0.39, 0.29) is 17.2 Å². The van der Waals surface area contributed by atoms with Crippen LogP contribution in [0.3, 0.4) is 0 Å². The molecule has 0 saturated carbocycles. The first-order valence-electron chi connectivity index (χ1n) is 12.7. The standard InChI is InChI=1S/C30H26N6O4/c1-22-15-16-28(36(39)40)19-29(22)24(20-35(37)38)17-23-9-8-14-27(18-23)30(34-21-31-32-33-34,25-10-4-2-5-11-25)26-12-6-3-7-13-26/h2-16,18-19,21,24H,17,20H2,1H3. The summed E-state index contributed by atoms with van der Waals surface area (Å²) in [6.45, 7) is 1.46. The highest BCUT2D eigenvalue weighted by atomic mass is 16.6. The molecule has 5 rings (SSSR count). The van der Waals surface area contributed by atoms with Crippen LogP contribution in [0.5, 0.6) is 0 Å². The SMILES string of the molecule is Cc1ccc([N+](=O)[O-])cc1C(Cc1cccc(C(c2ccccc2)(c2ccccc2)n2cnnn2)c1)C[N+](=O)[O-]. The molecule has 0 bridgehead atoms. The highest BCUT2D eigenvalue weighted by Gasteiger charge is 2.40. The van der Waals surface area contributed by atoms with Crippen molar-refractivity contribution in [3.63, 3.8) is 0 Å². The van der Waals surface area contributed by atoms with Crippen LogP contribution in [0.25, 0.3) is 0 Å². The number of nitro benzene ring substituents is 1. The number of tetrazole rings is 1. The number of aryl methyl sites for hydroxylation is 1. The third kappa shape index (κ3) is 5.06. The number of nitrogens with zero attached hydrogens (tertiary/aromatic N) is 6. The average molecular weight is 535 g/mol. The Morgan fingerprint density at radius 1 is 0.825 bits per heavy atom. The van der Waals surface area contributed by atoms with E-state index in [2.05, 4.69) is 15.5 Å². The summed E-state index contributed by atoms with van der Waals surface area (Å²) >= 11 is 0. The van der Waals surface area contributed by atoms with Crippen molar-refractivity contribution in [3.8, 4) is 0 Å². The van der Waals surface area contributed by atoms with Crippen LogP contribution in [-0.2, 0) is 12.0 Å². The Morgan fingerprint density at radius 2 is 1.48 bits per heavy atom. The molecular weight excluding hydrogens is 508 g/mol. The molecular formula is C30H26N6O4. The molecule has 1 heterocycles. The predicted molar refractivity (Wildman–Crippen MR) is 149 cm³/mol. The number of benzene rings is 4. The topological polar surface area (TPSA) is 130 Å². The van der Waals surface area contributed by atoms with Crippen molar-refractivity contribution < 1.29 is 9.85 Å². The molecule has 10 heteroatoms. The van der Waals surface area contributed by atoms with Gasteiger partial charge in [-0.1, -0.05) is 91.0 Å². The second-order valence-electron chi connectivity index (χ2n) is 9.61. The summed E-state index contributed by atoms with van der Waals surface area (Å²) in [5.74, 6) is -0.568. The zero-order valence-electron chi connectivity index (χ0n) is 21.7. The fourth-order valence-corrected chi connectivity index (χ4v) is 5.41. The molecule has 0 aliphatic carbocycles. The molecule has 0 radical (unpaired) electrons. The minimum absolute atomic E-state index is 0.0893. The Hall–Kier alpha value is -5.25. The quantitative estimate of drug-likeness (QED) is 0.134. The molecule has 5 aromatic rings. The van der Waals surface area contributed by atoms with Gasteiger partial charge in [0.2, 0.25) is 6.54 Å². The molecule has 0 spiro atoms. The summed E-state index contributed by atoms with van der Waals surface area (Å²) in [6, 6.07) is 32.1. The maximum Gasteiger partial charge on any atom is 0.269 e. The van der Waals surface area contributed by atoms with Crippen LogP contribution in [0.2, 0.25) is 0 Å². The van der Waals surface area contributed by atoms with Crippen LogP contribution in [-0.4, -0.2) is 36.6 Å². The Labute approximate surface area is 230 Å². The van der Waals surface area contributed by atoms with E-state index in [1.165, 1.54) is 12.1 Å². The van der Waals surface area contributed by atoms with E-state index in [0.29, 0.717) is 12.0 Å². The first kappa shape index (κ1) is 26.4. The van der Waals surface area contributed by atoms with E-state index in [9.17, 15) is 20.2 Å². The molecule has 200 valence electrons. The van der Waals surface area contributed by atoms with Crippen LogP contribution in [0.4, 0.5) is 5.69 Å². The number of rotatable bonds is 10. The number of hydrogen-bond donors (Lipinski definition) is 0. The van der Waals surface area contributed by atoms with Gasteiger partial charge < -0.3 is 0 Å². The van der Waals surface area contributed by atoms with Gasteiger partial charge in [-0.15, -0.1) is 5.10 Å². The van der Waals surface area contributed by atoms with E-state index >= 15 is 0 Å². The van der Waals surface area contributed by atoms with Gasteiger partial charge >= 0.3 is 0 Å². The Kier molecular flexibility index (Phi) is 7.41. The molecule has 1 unspecified atom stereocenters. The molecule has 0 amide bonds. The summed E-state index contributed by atoms with van der Waals surface area (Å²) in [4.78, 5) is 22.3. The van der Waals surface area contributed by atoms with Crippen molar-refractivity contribution in [2.24, 2.45) is 0 Å². The molecule has 0 fully saturated rings. The van der Waals surface area contributed by atoms with Crippen LogP contribution in [0.1, 0.15) is 39.3 Å². The maximum absolute atomic E-state index is 11.7. The third-order valence-electron chi connectivity index (χ3n) is 7.19. The smallest absolute Gasteiger partial charge is 0.265 e. The fourth-order valence-electron chi connectivity index (χ4n) is 5.41. The van der Waals surface area contributed by atoms with Gasteiger partial charge in [0, 0.05) is 17.1 Å². The van der Waals surface area contributed by atoms with Gasteiger partial charge in [-0.25, -0.2) is 4.68 Å². The largest absolute Gasteiger partial charge is 0.269 e. The first-order chi connectivity index (χ1) is 19.4. The van der Waals surface area contributed by atoms with E-state index < -0.39 is 16.4 Å². The number of aromatic nitrogens is 4. The summed E-state index contributed by atoms with van der Waals surface area (Å²) in [5.41, 5.74) is 3.92. The monoisotopic (exact) mass is 534 g/mol. The minimum atomic E-state index is -0.928. The van der Waals surface area contributed by atoms with Crippen molar-refractivity contribution >= 4 is 5.69 Å². The van der Waals surface area contributed by atoms with Crippen molar-refractivity contribution in [1.29, 1.82) is 0 Å². The van der Waals surface area contributed by atoms with Gasteiger partial charge in [0.1, 0.15) is 11.9 Å². The molecule has 10 nitrogen and oxygen atoms in total. The summed E-state index contributed by atoms with van der Waals surface area (Å²) in [7, 11) is 0. The highest BCUT2D eigenvalue weighted by Crippen LogP contribution is 2.40. The summed E-state index contributed by atoms with van der Waals surface area (Å²) < 4.78 is 1.72. The van der Waals surface area contributed by atoms with Crippen LogP contribution >= 0.6 is 0 Å². The zero-order chi connectivity index (χ0) is 28.1. The predicted octanol–water partition coefficient (Wildman–Crippen LogP) is 5.33. The molecule has 1 aromatic heterocycles. The lowest BCUT2D eigenvalue weighted by atomic mass is 9.76. The van der Waals surface area contributed by atoms with Gasteiger partial charge in [-0.2, -0.15) is 0 Å². The summed E-state index contributed by atoms with van der Waals surface area (Å²) in [5, 5.41) is 35.4. The van der Waals surface area contributed by atoms with Crippen LogP contribution < -0.4 is 0 Å². The van der Waals surface area contributed by atoms with Gasteiger partial charge in [-0.3, -0.25) is 20.2 Å². The van der Waals surface area contributed by atoms with Gasteiger partial charge in [0.15, 0.2) is 0 Å². The van der Waals surface area contributed by atoms with Crippen molar-refractivity contribution in [3.05, 3.63) is 163 Å². The van der Waals surface area contributed by atoms with Crippen molar-refractivity contribution in [1.82, 2.24) is 20.2 Å². The lowest BCUT2D eigenvalue weighted by Crippen LogP contribution is -2.38. The third-order valence-corrected chi connectivity index (χ3v) is 7.19. The molecule has 0 aliphatic heterocycles. The Bertz CT molecular complexity index is 1590. The van der Waals surface area contributed by atoms with Gasteiger partial charge in [0.25, 0.3) is 5.69 Å². The maximum atomic E-state index is 11.7. The molecule has 1 atom stereocenters. The molecule has 40 heavy (non-hydrogen) atoms. The molecule has 0 N–H and O–H groups in total. The lowest BCUT2D eigenvalue weighted by molar-refractivity contribution is -0.483. The van der Waals surface area contributed by atoms with Crippen LogP contribution in [0, 0.1) is 27.2 Å². The second-order valence-corrected chi connectivity index (χ2v) is 9.61. The van der Waals surface area contributed by atoms with E-state index in [1.807, 2.05) is 91.9 Å². The van der Waals surface area contributed by atoms with E-state index in [4.69, 9.17) is 0 Å². The Morgan fingerprint density at radius 3 is 2.05 bits per heavy atom.